The second-order valence-corrected chi connectivity index (χ2v) is 19.9. The number of cyclic esters (lactones) is 1. The van der Waals surface area contributed by atoms with Crippen LogP contribution in [0.15, 0.2) is 23.1 Å². The monoisotopic (exact) mass is 589 g/mol. The summed E-state index contributed by atoms with van der Waals surface area (Å²) in [7, 11) is -2.29. The van der Waals surface area contributed by atoms with E-state index in [1.54, 1.807) is 11.3 Å². The average molecular weight is 590 g/mol. The van der Waals surface area contributed by atoms with Crippen molar-refractivity contribution in [1.82, 2.24) is 4.98 Å². The molecule has 1 aliphatic heterocycles. The number of ether oxygens (including phenoxy) is 1. The van der Waals surface area contributed by atoms with E-state index < -0.39 is 25.9 Å². The molecule has 0 saturated heterocycles. The summed E-state index contributed by atoms with van der Waals surface area (Å²) < 4.78 is 13.0. The summed E-state index contributed by atoms with van der Waals surface area (Å²) in [5, 5.41) is 2.97. The van der Waals surface area contributed by atoms with Gasteiger partial charge in [0.15, 0.2) is 8.32 Å². The molecule has 40 heavy (non-hydrogen) atoms. The molecule has 2 unspecified atom stereocenters. The largest absolute Gasteiger partial charge is 0.457 e. The molecule has 2 heterocycles. The first kappa shape index (κ1) is 34.6. The Bertz CT molecular complexity index is 1060. The lowest BCUT2D eigenvalue weighted by atomic mass is 9.70. The van der Waals surface area contributed by atoms with E-state index in [9.17, 15) is 9.59 Å². The molecule has 1 aromatic rings. The van der Waals surface area contributed by atoms with Crippen LogP contribution in [-0.2, 0) is 18.8 Å². The number of ketones is 1. The third kappa shape index (κ3) is 9.22. The predicted octanol–water partition coefficient (Wildman–Crippen LogP) is 9.18. The molecule has 1 aliphatic rings. The lowest BCUT2D eigenvalue weighted by molar-refractivity contribution is -0.153. The van der Waals surface area contributed by atoms with Gasteiger partial charge in [-0.3, -0.25) is 9.59 Å². The van der Waals surface area contributed by atoms with Gasteiger partial charge in [0.05, 0.1) is 23.2 Å². The van der Waals surface area contributed by atoms with E-state index in [4.69, 9.17) is 9.16 Å². The van der Waals surface area contributed by atoms with E-state index in [0.29, 0.717) is 12.3 Å². The van der Waals surface area contributed by atoms with Gasteiger partial charge in [-0.25, -0.2) is 4.98 Å². The molecule has 0 spiro atoms. The van der Waals surface area contributed by atoms with E-state index >= 15 is 0 Å². The maximum Gasteiger partial charge on any atom is 0.309 e. The predicted molar refractivity (Wildman–Crippen MR) is 171 cm³/mol. The van der Waals surface area contributed by atoms with E-state index in [1.165, 1.54) is 0 Å². The number of rotatable bonds is 4. The molecule has 0 saturated carbocycles. The highest BCUT2D eigenvalue weighted by molar-refractivity contribution is 7.09. The zero-order valence-corrected chi connectivity index (χ0v) is 29.0. The molecule has 1 aromatic heterocycles. The third-order valence-corrected chi connectivity index (χ3v) is 14.8. The minimum Gasteiger partial charge on any atom is -0.457 e. The van der Waals surface area contributed by atoms with Gasteiger partial charge in [0.25, 0.3) is 0 Å². The Balaban J connectivity index is 2.49. The zero-order valence-electron chi connectivity index (χ0n) is 27.2. The van der Waals surface area contributed by atoms with Crippen LogP contribution in [0.25, 0.3) is 6.08 Å². The van der Waals surface area contributed by atoms with Crippen LogP contribution in [0.2, 0.25) is 18.1 Å². The molecule has 7 heteroatoms. The first-order valence-electron chi connectivity index (χ1n) is 15.0. The summed E-state index contributed by atoms with van der Waals surface area (Å²) in [5.41, 5.74) is 1.00. The second kappa shape index (κ2) is 14.1. The number of thiazole rings is 1. The van der Waals surface area contributed by atoms with Crippen molar-refractivity contribution in [2.75, 3.05) is 0 Å². The van der Waals surface area contributed by atoms with Crippen LogP contribution in [0.4, 0.5) is 0 Å². The Hall–Kier alpha value is -1.57. The van der Waals surface area contributed by atoms with Crippen LogP contribution in [0, 0.1) is 30.1 Å². The smallest absolute Gasteiger partial charge is 0.309 e. The number of Topliss-reactive ketones (excluding diaryl/α,β-unsaturated/α-hetero) is 1. The molecule has 0 aliphatic carbocycles. The zero-order chi connectivity index (χ0) is 30.5. The van der Waals surface area contributed by atoms with Gasteiger partial charge in [0.2, 0.25) is 0 Å². The molecule has 0 amide bonds. The fraction of sp³-hybridized carbons (Fsp3) is 0.727. The highest BCUT2D eigenvalue weighted by Crippen LogP contribution is 2.42. The Morgan fingerprint density at radius 3 is 2.40 bits per heavy atom. The number of carbonyl (C=O) groups excluding carboxylic acids is 2. The van der Waals surface area contributed by atoms with Crippen molar-refractivity contribution in [1.29, 1.82) is 0 Å². The molecule has 0 fully saturated rings. The van der Waals surface area contributed by atoms with E-state index in [1.807, 2.05) is 39.2 Å². The maximum atomic E-state index is 14.1. The van der Waals surface area contributed by atoms with Crippen molar-refractivity contribution >= 4 is 37.5 Å². The Kier molecular flexibility index (Phi) is 12.2. The first-order chi connectivity index (χ1) is 18.4. The lowest BCUT2D eigenvalue weighted by Crippen LogP contribution is -2.52. The van der Waals surface area contributed by atoms with Crippen molar-refractivity contribution in [3.8, 4) is 0 Å². The highest BCUT2D eigenvalue weighted by Gasteiger charge is 2.48. The van der Waals surface area contributed by atoms with Gasteiger partial charge in [-0.05, 0) is 68.3 Å². The summed E-state index contributed by atoms with van der Waals surface area (Å²) in [5.74, 6) is 0.388. The molecular weight excluding hydrogens is 535 g/mol. The Morgan fingerprint density at radius 2 is 1.82 bits per heavy atom. The van der Waals surface area contributed by atoms with Crippen molar-refractivity contribution in [2.24, 2.45) is 23.2 Å². The topological polar surface area (TPSA) is 65.5 Å². The quantitative estimate of drug-likeness (QED) is 0.199. The van der Waals surface area contributed by atoms with Gasteiger partial charge in [0, 0.05) is 23.1 Å². The van der Waals surface area contributed by atoms with Crippen LogP contribution >= 0.6 is 11.3 Å². The summed E-state index contributed by atoms with van der Waals surface area (Å²) >= 11 is 1.61. The SMILES string of the molecule is C/C(=C\c1csc(C)n1)[C@@H]1C/C=C\CCCC(C)[C@H](C)[C@@H](C)C(=O)C(C)(C)C(O[Si](C)(C)C(C)(C)C)CC(=O)O1. The van der Waals surface area contributed by atoms with E-state index in [-0.39, 0.29) is 35.0 Å². The van der Waals surface area contributed by atoms with E-state index in [2.05, 4.69) is 71.8 Å². The maximum absolute atomic E-state index is 14.1. The van der Waals surface area contributed by atoms with Gasteiger partial charge in [0.1, 0.15) is 11.9 Å². The molecule has 5 nitrogen and oxygen atoms in total. The van der Waals surface area contributed by atoms with Gasteiger partial charge >= 0.3 is 5.97 Å². The van der Waals surface area contributed by atoms with Crippen molar-refractivity contribution < 1.29 is 18.8 Å². The van der Waals surface area contributed by atoms with Crippen LogP contribution in [0.3, 0.4) is 0 Å². The summed E-state index contributed by atoms with van der Waals surface area (Å²) in [6, 6.07) is 0. The molecule has 0 radical (unpaired) electrons. The van der Waals surface area contributed by atoms with Gasteiger partial charge in [-0.2, -0.15) is 0 Å². The van der Waals surface area contributed by atoms with Crippen LogP contribution in [0.1, 0.15) is 105 Å². The molecule has 2 rings (SSSR count). The number of esters is 1. The summed E-state index contributed by atoms with van der Waals surface area (Å²) in [4.78, 5) is 32.3. The number of nitrogens with zero attached hydrogens (tertiary/aromatic N) is 1. The van der Waals surface area contributed by atoms with Crippen molar-refractivity contribution in [2.45, 2.75) is 132 Å². The minimum absolute atomic E-state index is 0.0468. The van der Waals surface area contributed by atoms with Crippen LogP contribution in [-0.4, -0.2) is 37.3 Å². The average Bonchev–Trinajstić information content (AvgIpc) is 3.25. The Labute approximate surface area is 249 Å². The van der Waals surface area contributed by atoms with Crippen LogP contribution in [0.5, 0.6) is 0 Å². The fourth-order valence-electron chi connectivity index (χ4n) is 5.07. The van der Waals surface area contributed by atoms with Gasteiger partial charge in [-0.15, -0.1) is 11.3 Å². The number of carbonyl (C=O) groups is 2. The molecular formula is C33H55NO4SSi. The van der Waals surface area contributed by atoms with Crippen molar-refractivity contribution in [3.63, 3.8) is 0 Å². The van der Waals surface area contributed by atoms with Crippen molar-refractivity contribution in [3.05, 3.63) is 33.8 Å². The molecule has 0 bridgehead atoms. The van der Waals surface area contributed by atoms with Gasteiger partial charge in [-0.1, -0.05) is 74.0 Å². The standard InChI is InChI=1S/C33H55NO4SSi/c1-22-17-15-13-14-16-18-28(23(2)19-27-21-39-26(5)34-27)37-30(35)20-29(38-40(11,12)32(6,7)8)33(9,10)31(36)25(4)24(22)3/h14,16,19,21-22,24-25,28-29H,13,15,17-18,20H2,1-12H3/b16-14-,23-19+/t22?,24-,25+,28-,29?/m0/s1. The number of hydrogen-bond donors (Lipinski definition) is 0. The van der Waals surface area contributed by atoms with Gasteiger partial charge < -0.3 is 9.16 Å². The normalized spacial score (nSPS) is 29.2. The molecule has 0 N–H and O–H groups in total. The minimum atomic E-state index is -2.29. The summed E-state index contributed by atoms with van der Waals surface area (Å²) in [6.07, 6.45) is 9.16. The Morgan fingerprint density at radius 1 is 1.18 bits per heavy atom. The van der Waals surface area contributed by atoms with Crippen LogP contribution < -0.4 is 0 Å². The number of hydrogen-bond acceptors (Lipinski definition) is 6. The third-order valence-electron chi connectivity index (χ3n) is 9.48. The summed E-state index contributed by atoms with van der Waals surface area (Å²) in [6.45, 7) is 25.4. The number of allylic oxidation sites excluding steroid dienone is 1. The molecule has 226 valence electrons. The fourth-order valence-corrected chi connectivity index (χ4v) is 7.08. The molecule has 0 aromatic carbocycles. The highest BCUT2D eigenvalue weighted by atomic mass is 32.1. The van der Waals surface area contributed by atoms with E-state index in [0.717, 1.165) is 35.5 Å². The molecule has 5 atom stereocenters. The number of aryl methyl sites for hydroxylation is 1. The first-order valence-corrected chi connectivity index (χ1v) is 18.8. The number of aromatic nitrogens is 1. The lowest BCUT2D eigenvalue weighted by Gasteiger charge is -2.44. The second-order valence-electron chi connectivity index (χ2n) is 14.1.